The molecule has 0 saturated carbocycles. The summed E-state index contributed by atoms with van der Waals surface area (Å²) in [6, 6.07) is 9.90. The fraction of sp³-hybridized carbons (Fsp3) is 0.500. The minimum atomic E-state index is -0.226. The summed E-state index contributed by atoms with van der Waals surface area (Å²) in [6.45, 7) is 2.73. The Balaban J connectivity index is 1.33. The molecule has 0 bridgehead atoms. The molecule has 6 heteroatoms. The maximum atomic E-state index is 12.7. The Labute approximate surface area is 141 Å². The Hall–Kier alpha value is -2.21. The quantitative estimate of drug-likeness (QED) is 0.878. The first-order valence-electron chi connectivity index (χ1n) is 8.78. The third-order valence-corrected chi connectivity index (χ3v) is 5.28. The van der Waals surface area contributed by atoms with Gasteiger partial charge in [0.15, 0.2) is 5.82 Å². The van der Waals surface area contributed by atoms with Crippen LogP contribution in [0.3, 0.4) is 0 Å². The highest BCUT2D eigenvalue weighted by Crippen LogP contribution is 2.38. The highest BCUT2D eigenvalue weighted by Gasteiger charge is 2.49. The molecule has 1 amide bonds. The van der Waals surface area contributed by atoms with E-state index in [2.05, 4.69) is 25.4 Å². The van der Waals surface area contributed by atoms with Crippen LogP contribution < -0.4 is 5.32 Å². The van der Waals surface area contributed by atoms with Crippen LogP contribution in [-0.4, -0.2) is 51.2 Å². The molecule has 2 fully saturated rings. The van der Waals surface area contributed by atoms with Crippen LogP contribution in [0.25, 0.3) is 11.4 Å². The molecule has 2 saturated heterocycles. The Kier molecular flexibility index (Phi) is 4.06. The molecule has 4 rings (SSSR count). The van der Waals surface area contributed by atoms with E-state index in [0.717, 1.165) is 50.2 Å². The molecular weight excluding hydrogens is 302 g/mol. The number of hydrogen-bond acceptors (Lipinski definition) is 4. The van der Waals surface area contributed by atoms with Gasteiger partial charge in [0.25, 0.3) is 0 Å². The Morgan fingerprint density at radius 2 is 1.96 bits per heavy atom. The lowest BCUT2D eigenvalue weighted by molar-refractivity contribution is -0.130. The predicted octanol–water partition coefficient (Wildman–Crippen LogP) is 1.76. The lowest BCUT2D eigenvalue weighted by Crippen LogP contribution is -2.52. The smallest absolute Gasteiger partial charge is 0.240 e. The van der Waals surface area contributed by atoms with Gasteiger partial charge in [-0.3, -0.25) is 14.8 Å². The van der Waals surface area contributed by atoms with Crippen LogP contribution in [0.5, 0.6) is 0 Å². The average Bonchev–Trinajstić information content (AvgIpc) is 3.31. The molecule has 1 aromatic carbocycles. The normalized spacial score (nSPS) is 19.3. The molecule has 2 aliphatic rings. The van der Waals surface area contributed by atoms with Crippen molar-refractivity contribution in [2.45, 2.75) is 37.6 Å². The number of aromatic amines is 1. The van der Waals surface area contributed by atoms with Crippen molar-refractivity contribution < 1.29 is 4.79 Å². The van der Waals surface area contributed by atoms with Crippen LogP contribution in [0.2, 0.25) is 0 Å². The molecule has 0 aliphatic carbocycles. The number of benzene rings is 1. The van der Waals surface area contributed by atoms with E-state index in [4.69, 9.17) is 0 Å². The van der Waals surface area contributed by atoms with Gasteiger partial charge in [0.2, 0.25) is 5.91 Å². The molecule has 3 heterocycles. The molecule has 0 spiro atoms. The number of fused-ring (bicyclic) bond motifs is 1. The number of carbonyl (C=O) groups excluding carboxylic acids is 1. The third kappa shape index (κ3) is 2.71. The zero-order chi connectivity index (χ0) is 16.4. The number of H-pyrrole nitrogens is 1. The fourth-order valence-electron chi connectivity index (χ4n) is 4.06. The van der Waals surface area contributed by atoms with Gasteiger partial charge in [0, 0.05) is 18.5 Å². The number of rotatable bonds is 5. The first-order chi connectivity index (χ1) is 11.8. The average molecular weight is 325 g/mol. The van der Waals surface area contributed by atoms with Crippen LogP contribution in [0.4, 0.5) is 0 Å². The lowest BCUT2D eigenvalue weighted by atomic mass is 9.93. The predicted molar refractivity (Wildman–Crippen MR) is 91.3 cm³/mol. The summed E-state index contributed by atoms with van der Waals surface area (Å²) < 4.78 is 0. The number of aromatic nitrogens is 3. The molecule has 24 heavy (non-hydrogen) atoms. The standard InChI is InChI=1S/C18H23N5O/c24-17(18-9-4-12-23(18)13-5-10-18)19-11-8-15-20-16(22-21-15)14-6-2-1-3-7-14/h1-3,6-7H,4-5,8-13H2,(H,19,24)(H,20,21,22). The lowest BCUT2D eigenvalue weighted by Gasteiger charge is -2.30. The molecule has 0 atom stereocenters. The Morgan fingerprint density at radius 1 is 1.21 bits per heavy atom. The van der Waals surface area contributed by atoms with E-state index in [1.54, 1.807) is 0 Å². The summed E-state index contributed by atoms with van der Waals surface area (Å²) in [6.07, 6.45) is 4.94. The minimum absolute atomic E-state index is 0.195. The molecular formula is C18H23N5O. The van der Waals surface area contributed by atoms with E-state index in [9.17, 15) is 4.79 Å². The van der Waals surface area contributed by atoms with Crippen molar-refractivity contribution in [3.8, 4) is 11.4 Å². The minimum Gasteiger partial charge on any atom is -0.354 e. The number of nitrogens with one attached hydrogen (secondary N) is 2. The number of hydrogen-bond donors (Lipinski definition) is 2. The highest BCUT2D eigenvalue weighted by atomic mass is 16.2. The van der Waals surface area contributed by atoms with Gasteiger partial charge in [-0.15, -0.1) is 0 Å². The van der Waals surface area contributed by atoms with Crippen molar-refractivity contribution >= 4 is 5.91 Å². The summed E-state index contributed by atoms with van der Waals surface area (Å²) >= 11 is 0. The van der Waals surface area contributed by atoms with Gasteiger partial charge < -0.3 is 5.32 Å². The monoisotopic (exact) mass is 325 g/mol. The summed E-state index contributed by atoms with van der Waals surface area (Å²) in [5, 5.41) is 10.3. The molecule has 0 radical (unpaired) electrons. The van der Waals surface area contributed by atoms with Crippen LogP contribution in [-0.2, 0) is 11.2 Å². The largest absolute Gasteiger partial charge is 0.354 e. The maximum absolute atomic E-state index is 12.7. The van der Waals surface area contributed by atoms with E-state index in [0.29, 0.717) is 18.8 Å². The fourth-order valence-corrected chi connectivity index (χ4v) is 4.06. The molecule has 2 N–H and O–H groups in total. The van der Waals surface area contributed by atoms with E-state index in [-0.39, 0.29) is 11.4 Å². The second-order valence-corrected chi connectivity index (χ2v) is 6.70. The van der Waals surface area contributed by atoms with E-state index in [1.165, 1.54) is 0 Å². The van der Waals surface area contributed by atoms with E-state index < -0.39 is 0 Å². The van der Waals surface area contributed by atoms with Crippen molar-refractivity contribution in [3.63, 3.8) is 0 Å². The highest BCUT2D eigenvalue weighted by molar-refractivity contribution is 5.87. The molecule has 0 unspecified atom stereocenters. The van der Waals surface area contributed by atoms with E-state index in [1.807, 2.05) is 30.3 Å². The first-order valence-corrected chi connectivity index (χ1v) is 8.78. The zero-order valence-corrected chi connectivity index (χ0v) is 13.8. The molecule has 2 aliphatic heterocycles. The summed E-state index contributed by atoms with van der Waals surface area (Å²) in [7, 11) is 0. The van der Waals surface area contributed by atoms with Crippen molar-refractivity contribution in [2.75, 3.05) is 19.6 Å². The van der Waals surface area contributed by atoms with Gasteiger partial charge in [-0.2, -0.15) is 5.10 Å². The Morgan fingerprint density at radius 3 is 2.71 bits per heavy atom. The first kappa shape index (κ1) is 15.3. The summed E-state index contributed by atoms with van der Waals surface area (Å²) in [4.78, 5) is 19.5. The zero-order valence-electron chi connectivity index (χ0n) is 13.8. The molecule has 6 nitrogen and oxygen atoms in total. The van der Waals surface area contributed by atoms with Crippen LogP contribution in [0.1, 0.15) is 31.5 Å². The summed E-state index contributed by atoms with van der Waals surface area (Å²) in [5.41, 5.74) is 0.770. The van der Waals surface area contributed by atoms with Gasteiger partial charge in [-0.25, -0.2) is 4.98 Å². The maximum Gasteiger partial charge on any atom is 0.240 e. The Bertz CT molecular complexity index is 701. The molecule has 126 valence electrons. The van der Waals surface area contributed by atoms with Gasteiger partial charge in [0.1, 0.15) is 11.4 Å². The van der Waals surface area contributed by atoms with Crippen molar-refractivity contribution in [1.82, 2.24) is 25.4 Å². The second kappa shape index (κ2) is 6.36. The SMILES string of the molecule is O=C(NCCc1nc(-c2ccccc2)n[nH]1)C12CCCN1CCC2. The second-order valence-electron chi connectivity index (χ2n) is 6.70. The molecule has 2 aromatic rings. The number of nitrogens with zero attached hydrogens (tertiary/aromatic N) is 3. The molecule has 1 aromatic heterocycles. The van der Waals surface area contributed by atoms with Crippen molar-refractivity contribution in [2.24, 2.45) is 0 Å². The van der Waals surface area contributed by atoms with Gasteiger partial charge in [0.05, 0.1) is 0 Å². The number of carbonyl (C=O) groups is 1. The van der Waals surface area contributed by atoms with Gasteiger partial charge in [-0.1, -0.05) is 30.3 Å². The van der Waals surface area contributed by atoms with Gasteiger partial charge in [-0.05, 0) is 38.8 Å². The topological polar surface area (TPSA) is 73.9 Å². The van der Waals surface area contributed by atoms with Gasteiger partial charge >= 0.3 is 0 Å². The third-order valence-electron chi connectivity index (χ3n) is 5.28. The summed E-state index contributed by atoms with van der Waals surface area (Å²) in [5.74, 6) is 1.70. The van der Waals surface area contributed by atoms with Crippen LogP contribution >= 0.6 is 0 Å². The van der Waals surface area contributed by atoms with Crippen LogP contribution in [0.15, 0.2) is 30.3 Å². The number of amides is 1. The van der Waals surface area contributed by atoms with Crippen LogP contribution in [0, 0.1) is 0 Å². The van der Waals surface area contributed by atoms with Crippen molar-refractivity contribution in [3.05, 3.63) is 36.2 Å². The van der Waals surface area contributed by atoms with Crippen molar-refractivity contribution in [1.29, 1.82) is 0 Å². The van der Waals surface area contributed by atoms with E-state index >= 15 is 0 Å².